The fourth-order valence-corrected chi connectivity index (χ4v) is 3.51. The Hall–Kier alpha value is -2.14. The van der Waals surface area contributed by atoms with Crippen molar-refractivity contribution in [3.05, 3.63) is 46.7 Å². The molecule has 1 aliphatic rings. The van der Waals surface area contributed by atoms with Gasteiger partial charge in [0.05, 0.1) is 17.7 Å². The number of nitrogens with zero attached hydrogens (tertiary/aromatic N) is 1. The molecule has 0 bridgehead atoms. The van der Waals surface area contributed by atoms with Crippen molar-refractivity contribution in [1.82, 2.24) is 4.90 Å². The number of Topliss-reactive ketones (excluding diaryl/α,β-unsaturated/α-hetero) is 1. The van der Waals surface area contributed by atoms with Gasteiger partial charge in [-0.3, -0.25) is 9.59 Å². The predicted molar refractivity (Wildman–Crippen MR) is 115 cm³/mol. The van der Waals surface area contributed by atoms with Gasteiger partial charge in [0, 0.05) is 19.1 Å². The quantitative estimate of drug-likeness (QED) is 0.640. The molecule has 1 unspecified atom stereocenters. The molecule has 0 fully saturated rings. The van der Waals surface area contributed by atoms with Gasteiger partial charge in [-0.25, -0.2) is 0 Å². The van der Waals surface area contributed by atoms with Gasteiger partial charge in [-0.2, -0.15) is 0 Å². The van der Waals surface area contributed by atoms with Gasteiger partial charge in [0.25, 0.3) is 5.91 Å². The lowest BCUT2D eigenvalue weighted by Crippen LogP contribution is -2.33. The maximum atomic E-state index is 12.9. The van der Waals surface area contributed by atoms with Crippen LogP contribution in [0.5, 0.6) is 0 Å². The van der Waals surface area contributed by atoms with Crippen LogP contribution in [0.15, 0.2) is 35.6 Å². The van der Waals surface area contributed by atoms with Crippen LogP contribution in [0.4, 0.5) is 0 Å². The molecule has 2 rings (SSSR count). The number of ketones is 1. The summed E-state index contributed by atoms with van der Waals surface area (Å²) in [5, 5.41) is 10.5. The molecule has 1 amide bonds. The Morgan fingerprint density at radius 1 is 1.14 bits per heavy atom. The maximum Gasteiger partial charge on any atom is 0.290 e. The van der Waals surface area contributed by atoms with Crippen molar-refractivity contribution in [2.75, 3.05) is 13.2 Å². The zero-order valence-corrected chi connectivity index (χ0v) is 18.8. The van der Waals surface area contributed by atoms with Crippen molar-refractivity contribution < 1.29 is 19.4 Å². The van der Waals surface area contributed by atoms with Crippen LogP contribution in [0.3, 0.4) is 0 Å². The number of carbonyl (C=O) groups excluding carboxylic acids is 2. The Bertz CT molecular complexity index is 769. The molecule has 29 heavy (non-hydrogen) atoms. The minimum absolute atomic E-state index is 0.00641. The third-order valence-corrected chi connectivity index (χ3v) is 5.18. The third-order valence-electron chi connectivity index (χ3n) is 5.18. The fraction of sp³-hybridized carbons (Fsp3) is 0.583. The van der Waals surface area contributed by atoms with Gasteiger partial charge in [-0.15, -0.1) is 0 Å². The topological polar surface area (TPSA) is 66.8 Å². The van der Waals surface area contributed by atoms with Gasteiger partial charge < -0.3 is 14.7 Å². The highest BCUT2D eigenvalue weighted by molar-refractivity contribution is 6.09. The lowest BCUT2D eigenvalue weighted by atomic mass is 9.85. The van der Waals surface area contributed by atoms with Crippen LogP contribution in [0.25, 0.3) is 0 Å². The highest BCUT2D eigenvalue weighted by Crippen LogP contribution is 2.39. The summed E-state index contributed by atoms with van der Waals surface area (Å²) in [4.78, 5) is 27.3. The first-order valence-electron chi connectivity index (χ1n) is 10.5. The number of amides is 1. The summed E-state index contributed by atoms with van der Waals surface area (Å²) in [5.74, 6) is -1.40. The Morgan fingerprint density at radius 3 is 2.21 bits per heavy atom. The molecule has 1 aromatic carbocycles. The van der Waals surface area contributed by atoms with Crippen LogP contribution >= 0.6 is 0 Å². The highest BCUT2D eigenvalue weighted by Gasteiger charge is 2.43. The lowest BCUT2D eigenvalue weighted by molar-refractivity contribution is -0.129. The number of ether oxygens (including phenoxy) is 1. The number of benzene rings is 1. The van der Waals surface area contributed by atoms with Crippen LogP contribution < -0.4 is 0 Å². The summed E-state index contributed by atoms with van der Waals surface area (Å²) in [6.45, 7) is 14.9. The van der Waals surface area contributed by atoms with Crippen LogP contribution in [0.2, 0.25) is 0 Å². The van der Waals surface area contributed by atoms with Crippen LogP contribution in [-0.4, -0.2) is 41.0 Å². The molecular formula is C24H35NO4. The van der Waals surface area contributed by atoms with Crippen molar-refractivity contribution in [3.8, 4) is 0 Å². The van der Waals surface area contributed by atoms with E-state index in [-0.39, 0.29) is 28.8 Å². The average Bonchev–Trinajstić information content (AvgIpc) is 2.88. The van der Waals surface area contributed by atoms with E-state index >= 15 is 0 Å². The van der Waals surface area contributed by atoms with Crippen molar-refractivity contribution in [2.45, 2.75) is 72.4 Å². The van der Waals surface area contributed by atoms with Gasteiger partial charge in [0.1, 0.15) is 0 Å². The molecule has 1 atom stereocenters. The molecule has 0 saturated carbocycles. The summed E-state index contributed by atoms with van der Waals surface area (Å²) in [7, 11) is 0. The van der Waals surface area contributed by atoms with Gasteiger partial charge in [0.15, 0.2) is 11.5 Å². The van der Waals surface area contributed by atoms with Gasteiger partial charge in [0.2, 0.25) is 0 Å². The first-order valence-corrected chi connectivity index (χ1v) is 10.5. The van der Waals surface area contributed by atoms with E-state index < -0.39 is 17.7 Å². The second-order valence-electron chi connectivity index (χ2n) is 9.33. The van der Waals surface area contributed by atoms with Crippen molar-refractivity contribution in [1.29, 1.82) is 0 Å². The Morgan fingerprint density at radius 2 is 1.72 bits per heavy atom. The summed E-state index contributed by atoms with van der Waals surface area (Å²) < 4.78 is 5.59. The number of aliphatic hydroxyl groups is 1. The second kappa shape index (κ2) is 9.12. The molecule has 1 N–H and O–H groups in total. The fourth-order valence-electron chi connectivity index (χ4n) is 3.51. The summed E-state index contributed by atoms with van der Waals surface area (Å²) in [5.41, 5.74) is 2.22. The minimum Gasteiger partial charge on any atom is -0.503 e. The second-order valence-corrected chi connectivity index (χ2v) is 9.33. The van der Waals surface area contributed by atoms with E-state index in [0.717, 1.165) is 5.56 Å². The molecule has 5 heteroatoms. The van der Waals surface area contributed by atoms with Gasteiger partial charge >= 0.3 is 0 Å². The molecule has 1 heterocycles. The highest BCUT2D eigenvalue weighted by atomic mass is 16.5. The van der Waals surface area contributed by atoms with E-state index in [1.807, 2.05) is 38.1 Å². The number of carbonyl (C=O) groups is 2. The molecule has 160 valence electrons. The molecule has 0 spiro atoms. The molecule has 0 radical (unpaired) electrons. The first kappa shape index (κ1) is 23.1. The number of aliphatic hydroxyl groups excluding tert-OH is 1. The average molecular weight is 402 g/mol. The Balaban J connectivity index is 2.38. The molecule has 1 aromatic rings. The molecular weight excluding hydrogens is 366 g/mol. The summed E-state index contributed by atoms with van der Waals surface area (Å²) in [6, 6.07) is 7.43. The Kier molecular flexibility index (Phi) is 7.28. The number of rotatable bonds is 8. The monoisotopic (exact) mass is 401 g/mol. The normalized spacial score (nSPS) is 17.8. The molecule has 0 aliphatic carbocycles. The van der Waals surface area contributed by atoms with Crippen LogP contribution in [0, 0.1) is 5.92 Å². The molecule has 0 aromatic heterocycles. The van der Waals surface area contributed by atoms with E-state index in [1.54, 1.807) is 18.7 Å². The third kappa shape index (κ3) is 5.27. The van der Waals surface area contributed by atoms with E-state index in [1.165, 1.54) is 5.56 Å². The number of hydrogen-bond acceptors (Lipinski definition) is 4. The smallest absolute Gasteiger partial charge is 0.290 e. The number of hydrogen-bond donors (Lipinski definition) is 1. The lowest BCUT2D eigenvalue weighted by Gasteiger charge is -2.28. The zero-order chi connectivity index (χ0) is 21.9. The van der Waals surface area contributed by atoms with Crippen molar-refractivity contribution in [3.63, 3.8) is 0 Å². The SMILES string of the molecule is CC(C)OCCCN1C(=O)C(O)=C(C(=O)C(C)C)C1c1ccc(C(C)(C)C)cc1. The van der Waals surface area contributed by atoms with E-state index in [9.17, 15) is 14.7 Å². The largest absolute Gasteiger partial charge is 0.503 e. The summed E-state index contributed by atoms with van der Waals surface area (Å²) in [6.07, 6.45) is 0.756. The molecule has 5 nitrogen and oxygen atoms in total. The van der Waals surface area contributed by atoms with Gasteiger partial charge in [-0.1, -0.05) is 58.9 Å². The predicted octanol–water partition coefficient (Wildman–Crippen LogP) is 4.72. The maximum absolute atomic E-state index is 12.9. The van der Waals surface area contributed by atoms with Crippen molar-refractivity contribution >= 4 is 11.7 Å². The van der Waals surface area contributed by atoms with E-state index in [2.05, 4.69) is 20.8 Å². The molecule has 0 saturated heterocycles. The summed E-state index contributed by atoms with van der Waals surface area (Å²) >= 11 is 0. The van der Waals surface area contributed by atoms with Crippen LogP contribution in [-0.2, 0) is 19.7 Å². The van der Waals surface area contributed by atoms with Crippen molar-refractivity contribution in [2.24, 2.45) is 5.92 Å². The zero-order valence-electron chi connectivity index (χ0n) is 18.8. The van der Waals surface area contributed by atoms with Crippen LogP contribution in [0.1, 0.15) is 72.1 Å². The standard InChI is InChI=1S/C24H35NO4/c1-15(2)21(26)19-20(17-9-11-18(12-10-17)24(5,6)7)25(23(28)22(19)27)13-8-14-29-16(3)4/h9-12,15-16,20,27H,8,13-14H2,1-7H3. The Labute approximate surface area is 174 Å². The molecule has 1 aliphatic heterocycles. The van der Waals surface area contributed by atoms with Gasteiger partial charge in [-0.05, 0) is 36.8 Å². The van der Waals surface area contributed by atoms with E-state index in [4.69, 9.17) is 4.74 Å². The minimum atomic E-state index is -0.564. The first-order chi connectivity index (χ1) is 13.4. The van der Waals surface area contributed by atoms with E-state index in [0.29, 0.717) is 19.6 Å².